The summed E-state index contributed by atoms with van der Waals surface area (Å²) in [5.41, 5.74) is 0. The highest BCUT2D eigenvalue weighted by Gasteiger charge is 2.27. The summed E-state index contributed by atoms with van der Waals surface area (Å²) < 4.78 is 0. The number of hydrogen-bond acceptors (Lipinski definition) is 2. The summed E-state index contributed by atoms with van der Waals surface area (Å²) in [6.45, 7) is 2.25. The summed E-state index contributed by atoms with van der Waals surface area (Å²) in [5.74, 6) is 0.744. The van der Waals surface area contributed by atoms with Crippen LogP contribution in [-0.2, 0) is 0 Å². The Morgan fingerprint density at radius 3 is 2.64 bits per heavy atom. The first-order chi connectivity index (χ1) is 5.22. The van der Waals surface area contributed by atoms with E-state index in [1.165, 1.54) is 0 Å². The minimum atomic E-state index is -0.00243. The van der Waals surface area contributed by atoms with Gasteiger partial charge in [-0.05, 0) is 25.8 Å². The van der Waals surface area contributed by atoms with Gasteiger partial charge in [0, 0.05) is 18.4 Å². The fourth-order valence-electron chi connectivity index (χ4n) is 1.53. The van der Waals surface area contributed by atoms with Gasteiger partial charge in [0.25, 0.3) is 0 Å². The van der Waals surface area contributed by atoms with E-state index in [1.54, 1.807) is 0 Å². The maximum atomic E-state index is 9.03. The Morgan fingerprint density at radius 2 is 2.18 bits per heavy atom. The second-order valence-electron chi connectivity index (χ2n) is 3.44. The van der Waals surface area contributed by atoms with Crippen LogP contribution in [0.25, 0.3) is 0 Å². The van der Waals surface area contributed by atoms with Gasteiger partial charge < -0.3 is 10.0 Å². The highest BCUT2D eigenvalue weighted by molar-refractivity contribution is 9.09. The van der Waals surface area contributed by atoms with Gasteiger partial charge in [-0.25, -0.2) is 0 Å². The summed E-state index contributed by atoms with van der Waals surface area (Å²) in [5, 5.41) is 10.1. The molecule has 1 aliphatic carbocycles. The Morgan fingerprint density at radius 1 is 1.55 bits per heavy atom. The molecule has 1 aliphatic rings. The van der Waals surface area contributed by atoms with Crippen molar-refractivity contribution in [1.82, 2.24) is 4.90 Å². The molecular formula is C8H16BrNO. The molecule has 3 heteroatoms. The first kappa shape index (κ1) is 9.49. The molecule has 1 saturated carbocycles. The molecule has 1 N–H and O–H groups in total. The van der Waals surface area contributed by atoms with Gasteiger partial charge in [-0.2, -0.15) is 0 Å². The molecule has 0 aliphatic heterocycles. The molecule has 1 fully saturated rings. The van der Waals surface area contributed by atoms with Crippen LogP contribution in [0.1, 0.15) is 12.8 Å². The minimum absolute atomic E-state index is 0.00243. The number of nitrogens with zero attached hydrogens (tertiary/aromatic N) is 1. The number of hydrogen-bond donors (Lipinski definition) is 1. The van der Waals surface area contributed by atoms with Gasteiger partial charge in [0.2, 0.25) is 0 Å². The van der Waals surface area contributed by atoms with Crippen LogP contribution in [0.2, 0.25) is 0 Å². The molecule has 11 heavy (non-hydrogen) atoms. The number of aliphatic hydroxyl groups excluding tert-OH is 1. The van der Waals surface area contributed by atoms with Crippen LogP contribution >= 0.6 is 15.9 Å². The van der Waals surface area contributed by atoms with Crippen LogP contribution in [0.15, 0.2) is 0 Å². The molecule has 0 spiro atoms. The molecule has 0 atom stereocenters. The van der Waals surface area contributed by atoms with E-state index in [0.29, 0.717) is 0 Å². The average Bonchev–Trinajstić information content (AvgIpc) is 1.85. The van der Waals surface area contributed by atoms with Gasteiger partial charge in [0.1, 0.15) is 0 Å². The average molecular weight is 222 g/mol. The lowest BCUT2D eigenvalue weighted by Crippen LogP contribution is -2.37. The summed E-state index contributed by atoms with van der Waals surface area (Å²) in [7, 11) is 2.13. The van der Waals surface area contributed by atoms with E-state index in [-0.39, 0.29) is 6.10 Å². The summed E-state index contributed by atoms with van der Waals surface area (Å²) in [4.78, 5) is 2.31. The molecule has 66 valence electrons. The van der Waals surface area contributed by atoms with Crippen molar-refractivity contribution in [1.29, 1.82) is 0 Å². The van der Waals surface area contributed by atoms with Crippen LogP contribution in [0.3, 0.4) is 0 Å². The number of rotatable bonds is 4. The van der Waals surface area contributed by atoms with Crippen molar-refractivity contribution in [2.24, 2.45) is 5.92 Å². The fraction of sp³-hybridized carbons (Fsp3) is 1.00. The minimum Gasteiger partial charge on any atom is -0.393 e. The van der Waals surface area contributed by atoms with E-state index in [2.05, 4.69) is 27.9 Å². The predicted octanol–water partition coefficient (Wildman–Crippen LogP) is 1.08. The molecule has 0 amide bonds. The smallest absolute Gasteiger partial charge is 0.0546 e. The number of halogens is 1. The van der Waals surface area contributed by atoms with Crippen LogP contribution in [0, 0.1) is 5.92 Å². The molecule has 2 nitrogen and oxygen atoms in total. The molecule has 0 bridgehead atoms. The highest BCUT2D eigenvalue weighted by Crippen LogP contribution is 2.27. The number of aliphatic hydroxyl groups is 1. The maximum Gasteiger partial charge on any atom is 0.0546 e. The lowest BCUT2D eigenvalue weighted by Gasteiger charge is -2.34. The fourth-order valence-corrected chi connectivity index (χ4v) is 2.13. The van der Waals surface area contributed by atoms with Crippen LogP contribution in [-0.4, -0.2) is 41.6 Å². The Balaban J connectivity index is 2.02. The summed E-state index contributed by atoms with van der Waals surface area (Å²) >= 11 is 3.40. The van der Waals surface area contributed by atoms with Crippen LogP contribution in [0.4, 0.5) is 0 Å². The lowest BCUT2D eigenvalue weighted by atomic mass is 9.82. The zero-order valence-electron chi connectivity index (χ0n) is 6.96. The van der Waals surface area contributed by atoms with Gasteiger partial charge >= 0.3 is 0 Å². The Kier molecular flexibility index (Phi) is 3.82. The topological polar surface area (TPSA) is 23.5 Å². The standard InChI is InChI=1S/C8H16BrNO/c1-10(3-2-9)6-7-4-8(11)5-7/h7-8,11H,2-6H2,1H3. The van der Waals surface area contributed by atoms with E-state index >= 15 is 0 Å². The molecule has 1 rings (SSSR count). The lowest BCUT2D eigenvalue weighted by molar-refractivity contribution is 0.0292. The third-order valence-corrected chi connectivity index (χ3v) is 2.60. The van der Waals surface area contributed by atoms with Crippen molar-refractivity contribution in [3.8, 4) is 0 Å². The van der Waals surface area contributed by atoms with E-state index in [9.17, 15) is 0 Å². The molecular weight excluding hydrogens is 206 g/mol. The molecule has 0 aromatic heterocycles. The Labute approximate surface area is 76.7 Å². The first-order valence-electron chi connectivity index (χ1n) is 4.15. The van der Waals surface area contributed by atoms with E-state index in [1.807, 2.05) is 0 Å². The van der Waals surface area contributed by atoms with Crippen LogP contribution < -0.4 is 0 Å². The van der Waals surface area contributed by atoms with Crippen molar-refractivity contribution < 1.29 is 5.11 Å². The molecule has 0 unspecified atom stereocenters. The van der Waals surface area contributed by atoms with Crippen molar-refractivity contribution >= 4 is 15.9 Å². The van der Waals surface area contributed by atoms with Gasteiger partial charge in [0.05, 0.1) is 6.10 Å². The van der Waals surface area contributed by atoms with Crippen molar-refractivity contribution in [3.63, 3.8) is 0 Å². The van der Waals surface area contributed by atoms with Crippen molar-refractivity contribution in [2.45, 2.75) is 18.9 Å². The first-order valence-corrected chi connectivity index (χ1v) is 5.27. The van der Waals surface area contributed by atoms with E-state index < -0.39 is 0 Å². The van der Waals surface area contributed by atoms with Crippen molar-refractivity contribution in [2.75, 3.05) is 25.5 Å². The molecule has 0 saturated heterocycles. The van der Waals surface area contributed by atoms with E-state index in [0.717, 1.165) is 37.2 Å². The molecule has 0 aromatic carbocycles. The summed E-state index contributed by atoms with van der Waals surface area (Å²) in [6.07, 6.45) is 2.01. The second kappa shape index (κ2) is 4.43. The number of alkyl halides is 1. The monoisotopic (exact) mass is 221 g/mol. The van der Waals surface area contributed by atoms with Crippen molar-refractivity contribution in [3.05, 3.63) is 0 Å². The zero-order chi connectivity index (χ0) is 8.27. The third-order valence-electron chi connectivity index (χ3n) is 2.25. The van der Waals surface area contributed by atoms with Gasteiger partial charge in [-0.15, -0.1) is 0 Å². The maximum absolute atomic E-state index is 9.03. The quantitative estimate of drug-likeness (QED) is 0.719. The SMILES string of the molecule is CN(CCBr)CC1CC(O)C1. The summed E-state index contributed by atoms with van der Waals surface area (Å²) in [6, 6.07) is 0. The normalized spacial score (nSPS) is 30.5. The Bertz CT molecular complexity index is 112. The van der Waals surface area contributed by atoms with Gasteiger partial charge in [-0.1, -0.05) is 15.9 Å². The largest absolute Gasteiger partial charge is 0.393 e. The molecule has 0 radical (unpaired) electrons. The Hall–Kier alpha value is 0.400. The van der Waals surface area contributed by atoms with Gasteiger partial charge in [-0.3, -0.25) is 0 Å². The van der Waals surface area contributed by atoms with Crippen LogP contribution in [0.5, 0.6) is 0 Å². The third kappa shape index (κ3) is 3.09. The zero-order valence-corrected chi connectivity index (χ0v) is 8.55. The molecule has 0 heterocycles. The van der Waals surface area contributed by atoms with E-state index in [4.69, 9.17) is 5.11 Å². The predicted molar refractivity (Wildman–Crippen MR) is 50.0 cm³/mol. The van der Waals surface area contributed by atoms with Gasteiger partial charge in [0.15, 0.2) is 0 Å². The molecule has 0 aromatic rings. The highest BCUT2D eigenvalue weighted by atomic mass is 79.9. The second-order valence-corrected chi connectivity index (χ2v) is 4.24.